The molecule has 0 atom stereocenters. The van der Waals surface area contributed by atoms with Crippen LogP contribution in [-0.4, -0.2) is 15.1 Å². The fourth-order valence-electron chi connectivity index (χ4n) is 1.73. The molecule has 0 aliphatic carbocycles. The van der Waals surface area contributed by atoms with Crippen LogP contribution in [0.1, 0.15) is 0 Å². The highest BCUT2D eigenvalue weighted by molar-refractivity contribution is 5.78. The number of H-pyrrole nitrogens is 1. The van der Waals surface area contributed by atoms with Crippen molar-refractivity contribution in [2.24, 2.45) is 0 Å². The Labute approximate surface area is 97.9 Å². The molecular weight excluding hydrogens is 214 g/mol. The highest BCUT2D eigenvalue weighted by Crippen LogP contribution is 2.20. The molecule has 0 unspecified atom stereocenters. The van der Waals surface area contributed by atoms with Crippen LogP contribution < -0.4 is 5.32 Å². The minimum atomic E-state index is 0.232. The number of phenols is 1. The van der Waals surface area contributed by atoms with Gasteiger partial charge < -0.3 is 15.4 Å². The average Bonchev–Trinajstić information content (AvgIpc) is 2.76. The fraction of sp³-hybridized carbons (Fsp3) is 0. The quantitative estimate of drug-likeness (QED) is 0.628. The van der Waals surface area contributed by atoms with E-state index in [9.17, 15) is 5.11 Å². The van der Waals surface area contributed by atoms with Crippen LogP contribution in [0.5, 0.6) is 5.75 Å². The number of rotatable bonds is 2. The molecule has 0 amide bonds. The van der Waals surface area contributed by atoms with Crippen molar-refractivity contribution in [3.63, 3.8) is 0 Å². The van der Waals surface area contributed by atoms with Crippen LogP contribution >= 0.6 is 0 Å². The van der Waals surface area contributed by atoms with Gasteiger partial charge in [-0.25, -0.2) is 4.98 Å². The van der Waals surface area contributed by atoms with Crippen molar-refractivity contribution < 1.29 is 5.11 Å². The Kier molecular flexibility index (Phi) is 2.19. The summed E-state index contributed by atoms with van der Waals surface area (Å²) in [4.78, 5) is 7.47. The van der Waals surface area contributed by atoms with E-state index in [1.807, 2.05) is 30.5 Å². The number of aromatic nitrogens is 2. The first-order valence-corrected chi connectivity index (χ1v) is 5.31. The first-order chi connectivity index (χ1) is 8.31. The molecule has 0 bridgehead atoms. The Hall–Kier alpha value is -2.49. The van der Waals surface area contributed by atoms with Gasteiger partial charge in [0.2, 0.25) is 0 Å². The number of hydrogen-bond donors (Lipinski definition) is 3. The number of hydrogen-bond acceptors (Lipinski definition) is 3. The van der Waals surface area contributed by atoms with Crippen molar-refractivity contribution in [2.75, 3.05) is 5.32 Å². The lowest BCUT2D eigenvalue weighted by atomic mass is 10.3. The lowest BCUT2D eigenvalue weighted by Gasteiger charge is -2.05. The standard InChI is InChI=1S/C13H11N3O/c17-11-3-1-2-10(8-11)15-12-5-4-9-6-7-14-13(9)16-12/h1-8,17H,(H2,14,15,16). The largest absolute Gasteiger partial charge is 0.508 e. The van der Waals surface area contributed by atoms with Crippen LogP contribution in [0.4, 0.5) is 11.5 Å². The Balaban J connectivity index is 1.94. The summed E-state index contributed by atoms with van der Waals surface area (Å²) in [6.07, 6.45) is 1.86. The number of aromatic hydroxyl groups is 1. The van der Waals surface area contributed by atoms with Crippen LogP contribution in [0, 0.1) is 0 Å². The van der Waals surface area contributed by atoms with E-state index in [4.69, 9.17) is 0 Å². The van der Waals surface area contributed by atoms with E-state index in [1.54, 1.807) is 18.2 Å². The third-order valence-electron chi connectivity index (χ3n) is 2.53. The zero-order valence-electron chi connectivity index (χ0n) is 9.01. The zero-order chi connectivity index (χ0) is 11.7. The van der Waals surface area contributed by atoms with Gasteiger partial charge >= 0.3 is 0 Å². The van der Waals surface area contributed by atoms with E-state index < -0.39 is 0 Å². The van der Waals surface area contributed by atoms with Crippen LogP contribution in [0.2, 0.25) is 0 Å². The Bertz CT molecular complexity index is 660. The number of phenolic OH excluding ortho intramolecular Hbond substituents is 1. The monoisotopic (exact) mass is 225 g/mol. The second kappa shape index (κ2) is 3.83. The third-order valence-corrected chi connectivity index (χ3v) is 2.53. The van der Waals surface area contributed by atoms with E-state index in [0.29, 0.717) is 0 Å². The van der Waals surface area contributed by atoms with Gasteiger partial charge in [0.25, 0.3) is 0 Å². The molecule has 0 saturated carbocycles. The van der Waals surface area contributed by atoms with Crippen molar-refractivity contribution in [2.45, 2.75) is 0 Å². The van der Waals surface area contributed by atoms with Crippen molar-refractivity contribution >= 4 is 22.5 Å². The van der Waals surface area contributed by atoms with Gasteiger partial charge in [0, 0.05) is 23.3 Å². The predicted molar refractivity (Wildman–Crippen MR) is 67.5 cm³/mol. The molecule has 2 heterocycles. The highest BCUT2D eigenvalue weighted by atomic mass is 16.3. The maximum atomic E-state index is 9.36. The number of nitrogens with one attached hydrogen (secondary N) is 2. The maximum Gasteiger partial charge on any atom is 0.139 e. The molecule has 84 valence electrons. The predicted octanol–water partition coefficient (Wildman–Crippen LogP) is 3.01. The summed E-state index contributed by atoms with van der Waals surface area (Å²) in [6.45, 7) is 0. The molecule has 0 aliphatic rings. The van der Waals surface area contributed by atoms with Gasteiger partial charge in [0.1, 0.15) is 17.2 Å². The van der Waals surface area contributed by atoms with Crippen LogP contribution in [-0.2, 0) is 0 Å². The first-order valence-electron chi connectivity index (χ1n) is 5.31. The molecule has 3 rings (SSSR count). The summed E-state index contributed by atoms with van der Waals surface area (Å²) >= 11 is 0. The molecular formula is C13H11N3O. The Morgan fingerprint density at radius 3 is 2.94 bits per heavy atom. The topological polar surface area (TPSA) is 60.9 Å². The van der Waals surface area contributed by atoms with E-state index in [2.05, 4.69) is 15.3 Å². The maximum absolute atomic E-state index is 9.36. The molecule has 0 aliphatic heterocycles. The summed E-state index contributed by atoms with van der Waals surface area (Å²) in [6, 6.07) is 12.8. The van der Waals surface area contributed by atoms with Gasteiger partial charge in [-0.05, 0) is 30.3 Å². The molecule has 2 aromatic heterocycles. The second-order valence-electron chi connectivity index (χ2n) is 3.79. The van der Waals surface area contributed by atoms with Crippen molar-refractivity contribution in [3.8, 4) is 5.75 Å². The van der Waals surface area contributed by atoms with Gasteiger partial charge in [0.05, 0.1) is 0 Å². The highest BCUT2D eigenvalue weighted by Gasteiger charge is 2.00. The average molecular weight is 225 g/mol. The molecule has 3 aromatic rings. The van der Waals surface area contributed by atoms with E-state index in [1.165, 1.54) is 0 Å². The smallest absolute Gasteiger partial charge is 0.139 e. The number of nitrogens with zero attached hydrogens (tertiary/aromatic N) is 1. The van der Waals surface area contributed by atoms with E-state index >= 15 is 0 Å². The zero-order valence-corrected chi connectivity index (χ0v) is 9.01. The number of fused-ring (bicyclic) bond motifs is 1. The third kappa shape index (κ3) is 1.92. The number of anilines is 2. The normalized spacial score (nSPS) is 10.6. The summed E-state index contributed by atoms with van der Waals surface area (Å²) in [7, 11) is 0. The molecule has 4 heteroatoms. The van der Waals surface area contributed by atoms with Crippen LogP contribution in [0.25, 0.3) is 11.0 Å². The van der Waals surface area contributed by atoms with Gasteiger partial charge in [-0.2, -0.15) is 0 Å². The molecule has 3 N–H and O–H groups in total. The SMILES string of the molecule is Oc1cccc(Nc2ccc3cc[nH]c3n2)c1. The number of pyridine rings is 1. The van der Waals surface area contributed by atoms with E-state index in [0.717, 1.165) is 22.5 Å². The van der Waals surface area contributed by atoms with Gasteiger partial charge in [-0.1, -0.05) is 6.07 Å². The summed E-state index contributed by atoms with van der Waals surface area (Å²) in [5.74, 6) is 0.974. The molecule has 0 saturated heterocycles. The van der Waals surface area contributed by atoms with Gasteiger partial charge in [-0.3, -0.25) is 0 Å². The molecule has 0 spiro atoms. The Morgan fingerprint density at radius 1 is 1.12 bits per heavy atom. The van der Waals surface area contributed by atoms with Crippen LogP contribution in [0.15, 0.2) is 48.7 Å². The van der Waals surface area contributed by atoms with Crippen molar-refractivity contribution in [3.05, 3.63) is 48.7 Å². The molecule has 1 aromatic carbocycles. The number of benzene rings is 1. The molecule has 17 heavy (non-hydrogen) atoms. The van der Waals surface area contributed by atoms with Crippen molar-refractivity contribution in [1.82, 2.24) is 9.97 Å². The molecule has 4 nitrogen and oxygen atoms in total. The Morgan fingerprint density at radius 2 is 2.06 bits per heavy atom. The summed E-state index contributed by atoms with van der Waals surface area (Å²) in [5, 5.41) is 13.6. The number of aromatic amines is 1. The fourth-order valence-corrected chi connectivity index (χ4v) is 1.73. The van der Waals surface area contributed by atoms with Gasteiger partial charge in [0.15, 0.2) is 0 Å². The first kappa shape index (κ1) is 9.72. The lowest BCUT2D eigenvalue weighted by molar-refractivity contribution is 0.475. The van der Waals surface area contributed by atoms with E-state index in [-0.39, 0.29) is 5.75 Å². The van der Waals surface area contributed by atoms with Crippen molar-refractivity contribution in [1.29, 1.82) is 0 Å². The molecule has 0 fully saturated rings. The summed E-state index contributed by atoms with van der Waals surface area (Å²) < 4.78 is 0. The minimum Gasteiger partial charge on any atom is -0.508 e. The minimum absolute atomic E-state index is 0.232. The molecule has 0 radical (unpaired) electrons. The summed E-state index contributed by atoms with van der Waals surface area (Å²) in [5.41, 5.74) is 1.65. The second-order valence-corrected chi connectivity index (χ2v) is 3.79. The van der Waals surface area contributed by atoms with Gasteiger partial charge in [-0.15, -0.1) is 0 Å². The van der Waals surface area contributed by atoms with Crippen LogP contribution in [0.3, 0.4) is 0 Å². The lowest BCUT2D eigenvalue weighted by Crippen LogP contribution is -1.93.